The third-order valence-electron chi connectivity index (χ3n) is 3.74. The molecular weight excluding hydrogens is 256 g/mol. The van der Waals surface area contributed by atoms with Crippen molar-refractivity contribution in [3.05, 3.63) is 65.2 Å². The topological polar surface area (TPSA) is 9.23 Å². The highest BCUT2D eigenvalue weighted by Gasteiger charge is 2.18. The Balaban J connectivity index is 2.10. The van der Waals surface area contributed by atoms with Crippen molar-refractivity contribution in [3.63, 3.8) is 0 Å². The van der Waals surface area contributed by atoms with Crippen LogP contribution in [-0.4, -0.2) is 0 Å². The lowest BCUT2D eigenvalue weighted by Crippen LogP contribution is -2.13. The SMILES string of the molecule is CC(C)c1ccc(COc2ccccc2C(C)(C)C)cc1. The van der Waals surface area contributed by atoms with E-state index in [-0.39, 0.29) is 5.41 Å². The maximum atomic E-state index is 6.05. The quantitative estimate of drug-likeness (QED) is 0.700. The van der Waals surface area contributed by atoms with Crippen molar-refractivity contribution in [2.24, 2.45) is 0 Å². The van der Waals surface area contributed by atoms with E-state index in [9.17, 15) is 0 Å². The van der Waals surface area contributed by atoms with Gasteiger partial charge >= 0.3 is 0 Å². The van der Waals surface area contributed by atoms with Gasteiger partial charge in [-0.25, -0.2) is 0 Å². The molecule has 0 saturated heterocycles. The van der Waals surface area contributed by atoms with Crippen LogP contribution in [0.15, 0.2) is 48.5 Å². The van der Waals surface area contributed by atoms with Crippen LogP contribution in [0.2, 0.25) is 0 Å². The van der Waals surface area contributed by atoms with Crippen LogP contribution in [0.5, 0.6) is 5.75 Å². The fourth-order valence-corrected chi connectivity index (χ4v) is 2.37. The van der Waals surface area contributed by atoms with E-state index in [1.54, 1.807) is 0 Å². The predicted molar refractivity (Wildman–Crippen MR) is 90.0 cm³/mol. The van der Waals surface area contributed by atoms with Crippen molar-refractivity contribution < 1.29 is 4.74 Å². The molecule has 2 rings (SSSR count). The maximum Gasteiger partial charge on any atom is 0.123 e. The van der Waals surface area contributed by atoms with Crippen molar-refractivity contribution in [1.29, 1.82) is 0 Å². The molecule has 0 aliphatic carbocycles. The summed E-state index contributed by atoms with van der Waals surface area (Å²) in [6.07, 6.45) is 0. The number of para-hydroxylation sites is 1. The Labute approximate surface area is 129 Å². The molecule has 2 aromatic rings. The lowest BCUT2D eigenvalue weighted by molar-refractivity contribution is 0.297. The van der Waals surface area contributed by atoms with E-state index in [1.165, 1.54) is 16.7 Å². The van der Waals surface area contributed by atoms with Gasteiger partial charge in [0.2, 0.25) is 0 Å². The molecule has 2 aromatic carbocycles. The molecule has 112 valence electrons. The molecule has 0 aromatic heterocycles. The standard InChI is InChI=1S/C20H26O/c1-15(2)17-12-10-16(11-13-17)14-21-19-9-7-6-8-18(19)20(3,4)5/h6-13,15H,14H2,1-5H3. The first kappa shape index (κ1) is 15.6. The average molecular weight is 282 g/mol. The number of hydrogen-bond donors (Lipinski definition) is 0. The molecule has 1 nitrogen and oxygen atoms in total. The Hall–Kier alpha value is -1.76. The van der Waals surface area contributed by atoms with Crippen molar-refractivity contribution in [2.45, 2.75) is 52.6 Å². The van der Waals surface area contributed by atoms with Gasteiger partial charge in [-0.3, -0.25) is 0 Å². The molecule has 0 spiro atoms. The second kappa shape index (κ2) is 6.34. The Morgan fingerprint density at radius 1 is 0.905 bits per heavy atom. The molecule has 0 aliphatic rings. The molecule has 0 aliphatic heterocycles. The molecule has 1 heteroatoms. The van der Waals surface area contributed by atoms with Crippen molar-refractivity contribution in [3.8, 4) is 5.75 Å². The number of rotatable bonds is 4. The van der Waals surface area contributed by atoms with Gasteiger partial charge in [0, 0.05) is 0 Å². The summed E-state index contributed by atoms with van der Waals surface area (Å²) in [5, 5.41) is 0. The van der Waals surface area contributed by atoms with Gasteiger partial charge in [-0.05, 0) is 34.1 Å². The molecule has 0 N–H and O–H groups in total. The van der Waals surface area contributed by atoms with Crippen LogP contribution in [0.25, 0.3) is 0 Å². The zero-order chi connectivity index (χ0) is 15.5. The predicted octanol–water partition coefficient (Wildman–Crippen LogP) is 5.69. The monoisotopic (exact) mass is 282 g/mol. The summed E-state index contributed by atoms with van der Waals surface area (Å²) in [6, 6.07) is 17.0. The van der Waals surface area contributed by atoms with E-state index in [2.05, 4.69) is 77.1 Å². The van der Waals surface area contributed by atoms with Crippen molar-refractivity contribution in [2.75, 3.05) is 0 Å². The van der Waals surface area contributed by atoms with E-state index in [0.29, 0.717) is 12.5 Å². The fraction of sp³-hybridized carbons (Fsp3) is 0.400. The molecule has 0 amide bonds. The fourth-order valence-electron chi connectivity index (χ4n) is 2.37. The van der Waals surface area contributed by atoms with E-state index in [4.69, 9.17) is 4.74 Å². The van der Waals surface area contributed by atoms with Gasteiger partial charge in [0.15, 0.2) is 0 Å². The summed E-state index contributed by atoms with van der Waals surface area (Å²) in [5.41, 5.74) is 3.93. The normalized spacial score (nSPS) is 11.7. The Morgan fingerprint density at radius 2 is 1.52 bits per heavy atom. The van der Waals surface area contributed by atoms with E-state index in [1.807, 2.05) is 6.07 Å². The van der Waals surface area contributed by atoms with Gasteiger partial charge in [0.1, 0.15) is 12.4 Å². The van der Waals surface area contributed by atoms with Gasteiger partial charge in [-0.2, -0.15) is 0 Å². The van der Waals surface area contributed by atoms with Gasteiger partial charge in [0.25, 0.3) is 0 Å². The van der Waals surface area contributed by atoms with Crippen LogP contribution in [0.1, 0.15) is 57.2 Å². The van der Waals surface area contributed by atoms with Gasteiger partial charge in [0.05, 0.1) is 0 Å². The Bertz CT molecular complexity index is 574. The third-order valence-corrected chi connectivity index (χ3v) is 3.74. The highest BCUT2D eigenvalue weighted by molar-refractivity contribution is 5.38. The Morgan fingerprint density at radius 3 is 2.10 bits per heavy atom. The molecule has 0 heterocycles. The first-order chi connectivity index (χ1) is 9.88. The van der Waals surface area contributed by atoms with Gasteiger partial charge < -0.3 is 4.74 Å². The highest BCUT2D eigenvalue weighted by Crippen LogP contribution is 2.31. The van der Waals surface area contributed by atoms with Crippen LogP contribution in [0.4, 0.5) is 0 Å². The average Bonchev–Trinajstić information content (AvgIpc) is 2.45. The summed E-state index contributed by atoms with van der Waals surface area (Å²) in [4.78, 5) is 0. The maximum absolute atomic E-state index is 6.05. The second-order valence-corrected chi connectivity index (χ2v) is 6.93. The minimum absolute atomic E-state index is 0.0953. The van der Waals surface area contributed by atoms with Crippen LogP contribution in [0.3, 0.4) is 0 Å². The first-order valence-corrected chi connectivity index (χ1v) is 7.69. The van der Waals surface area contributed by atoms with Crippen LogP contribution < -0.4 is 4.74 Å². The molecule has 0 unspecified atom stereocenters. The molecule has 0 atom stereocenters. The zero-order valence-electron chi connectivity index (χ0n) is 13.8. The highest BCUT2D eigenvalue weighted by atomic mass is 16.5. The first-order valence-electron chi connectivity index (χ1n) is 7.69. The van der Waals surface area contributed by atoms with Gasteiger partial charge in [-0.1, -0.05) is 77.1 Å². The summed E-state index contributed by atoms with van der Waals surface area (Å²) < 4.78 is 6.05. The number of ether oxygens (including phenoxy) is 1. The van der Waals surface area contributed by atoms with E-state index >= 15 is 0 Å². The van der Waals surface area contributed by atoms with E-state index in [0.717, 1.165) is 5.75 Å². The lowest BCUT2D eigenvalue weighted by atomic mass is 9.86. The van der Waals surface area contributed by atoms with Crippen LogP contribution in [0, 0.1) is 0 Å². The number of benzene rings is 2. The molecular formula is C20H26O. The zero-order valence-corrected chi connectivity index (χ0v) is 13.8. The minimum Gasteiger partial charge on any atom is -0.489 e. The van der Waals surface area contributed by atoms with Crippen molar-refractivity contribution >= 4 is 0 Å². The molecule has 21 heavy (non-hydrogen) atoms. The largest absolute Gasteiger partial charge is 0.489 e. The van der Waals surface area contributed by atoms with Crippen molar-refractivity contribution in [1.82, 2.24) is 0 Å². The molecule has 0 fully saturated rings. The molecule has 0 radical (unpaired) electrons. The minimum atomic E-state index is 0.0953. The summed E-state index contributed by atoms with van der Waals surface area (Å²) >= 11 is 0. The summed E-state index contributed by atoms with van der Waals surface area (Å²) in [5.74, 6) is 1.56. The number of hydrogen-bond acceptors (Lipinski definition) is 1. The Kier molecular flexibility index (Phi) is 4.72. The summed E-state index contributed by atoms with van der Waals surface area (Å²) in [7, 11) is 0. The second-order valence-electron chi connectivity index (χ2n) is 6.93. The smallest absolute Gasteiger partial charge is 0.123 e. The molecule has 0 saturated carbocycles. The molecule has 0 bridgehead atoms. The van der Waals surface area contributed by atoms with Crippen LogP contribution in [-0.2, 0) is 12.0 Å². The van der Waals surface area contributed by atoms with E-state index < -0.39 is 0 Å². The third kappa shape index (κ3) is 4.10. The van der Waals surface area contributed by atoms with Crippen LogP contribution >= 0.6 is 0 Å². The van der Waals surface area contributed by atoms with Gasteiger partial charge in [-0.15, -0.1) is 0 Å². The summed E-state index contributed by atoms with van der Waals surface area (Å²) in [6.45, 7) is 11.7. The lowest BCUT2D eigenvalue weighted by Gasteiger charge is -2.22.